The Hall–Kier alpha value is -2.63. The fraction of sp³-hybridized carbons (Fsp3) is 0.400. The molecule has 6 heteroatoms. The smallest absolute Gasteiger partial charge is 0.311 e. The van der Waals surface area contributed by atoms with Gasteiger partial charge >= 0.3 is 5.97 Å². The molecule has 2 N–H and O–H groups in total. The van der Waals surface area contributed by atoms with Gasteiger partial charge < -0.3 is 14.8 Å². The van der Waals surface area contributed by atoms with Crippen LogP contribution in [0, 0.1) is 18.7 Å². The molecular formula is C20H22FNO4. The van der Waals surface area contributed by atoms with Crippen LogP contribution in [0.1, 0.15) is 59.0 Å². The zero-order valence-electron chi connectivity index (χ0n) is 14.6. The number of carbonyl (C=O) groups excluding carboxylic acids is 1. The number of aliphatic carboxylic acids is 1. The lowest BCUT2D eigenvalue weighted by Crippen LogP contribution is -2.33. The Morgan fingerprint density at radius 1 is 1.27 bits per heavy atom. The second-order valence-corrected chi connectivity index (χ2v) is 6.83. The van der Waals surface area contributed by atoms with E-state index >= 15 is 0 Å². The van der Waals surface area contributed by atoms with Gasteiger partial charge in [0.1, 0.15) is 18.0 Å². The molecule has 26 heavy (non-hydrogen) atoms. The van der Waals surface area contributed by atoms with E-state index in [2.05, 4.69) is 5.32 Å². The van der Waals surface area contributed by atoms with Gasteiger partial charge in [-0.2, -0.15) is 0 Å². The van der Waals surface area contributed by atoms with Gasteiger partial charge in [-0.15, -0.1) is 0 Å². The highest BCUT2D eigenvalue weighted by Gasteiger charge is 2.30. The summed E-state index contributed by atoms with van der Waals surface area (Å²) in [5, 5.41) is 12.1. The van der Waals surface area contributed by atoms with Crippen LogP contribution in [0.5, 0.6) is 0 Å². The van der Waals surface area contributed by atoms with Crippen LogP contribution in [0.15, 0.2) is 34.9 Å². The minimum Gasteiger partial charge on any atom is -0.481 e. The molecule has 1 aromatic carbocycles. The quantitative estimate of drug-likeness (QED) is 0.816. The van der Waals surface area contributed by atoms with Gasteiger partial charge in [0.05, 0.1) is 17.9 Å². The van der Waals surface area contributed by atoms with Crippen LogP contribution < -0.4 is 5.32 Å². The second kappa shape index (κ2) is 7.72. The fourth-order valence-electron chi connectivity index (χ4n) is 3.72. The molecule has 0 saturated heterocycles. The van der Waals surface area contributed by atoms with Gasteiger partial charge in [0, 0.05) is 5.56 Å². The molecule has 1 heterocycles. The maximum atomic E-state index is 13.3. The van der Waals surface area contributed by atoms with Gasteiger partial charge in [0.2, 0.25) is 0 Å². The van der Waals surface area contributed by atoms with Crippen molar-refractivity contribution >= 4 is 11.9 Å². The molecular weight excluding hydrogens is 337 g/mol. The number of carbonyl (C=O) groups is 2. The molecule has 138 valence electrons. The molecule has 1 saturated carbocycles. The highest BCUT2D eigenvalue weighted by Crippen LogP contribution is 2.36. The Bertz CT molecular complexity index is 791. The number of carboxylic acids is 1. The molecule has 2 aromatic rings. The van der Waals surface area contributed by atoms with E-state index in [-0.39, 0.29) is 41.4 Å². The van der Waals surface area contributed by atoms with Gasteiger partial charge in [-0.3, -0.25) is 9.59 Å². The van der Waals surface area contributed by atoms with E-state index in [1.165, 1.54) is 18.4 Å². The lowest BCUT2D eigenvalue weighted by Gasteiger charge is -2.25. The lowest BCUT2D eigenvalue weighted by atomic mass is 9.91. The van der Waals surface area contributed by atoms with Crippen LogP contribution >= 0.6 is 0 Å². The Kier molecular flexibility index (Phi) is 5.40. The number of hydrogen-bond donors (Lipinski definition) is 2. The Labute approximate surface area is 151 Å². The number of amides is 1. The van der Waals surface area contributed by atoms with E-state index in [1.807, 2.05) is 0 Å². The molecule has 1 atom stereocenters. The van der Waals surface area contributed by atoms with Gasteiger partial charge in [-0.1, -0.05) is 25.0 Å². The molecule has 1 fully saturated rings. The summed E-state index contributed by atoms with van der Waals surface area (Å²) in [4.78, 5) is 23.9. The number of furan rings is 1. The summed E-state index contributed by atoms with van der Waals surface area (Å²) in [7, 11) is 0. The topological polar surface area (TPSA) is 79.5 Å². The minimum absolute atomic E-state index is 0.150. The molecule has 3 rings (SSSR count). The van der Waals surface area contributed by atoms with E-state index in [9.17, 15) is 14.0 Å². The van der Waals surface area contributed by atoms with Crippen LogP contribution in [0.3, 0.4) is 0 Å². The molecule has 0 bridgehead atoms. The number of carboxylic acid groups (broad SMARTS) is 1. The van der Waals surface area contributed by atoms with Gasteiger partial charge in [0.25, 0.3) is 5.91 Å². The van der Waals surface area contributed by atoms with Crippen molar-refractivity contribution in [2.24, 2.45) is 5.92 Å². The van der Waals surface area contributed by atoms with Crippen LogP contribution in [0.25, 0.3) is 0 Å². The van der Waals surface area contributed by atoms with Crippen molar-refractivity contribution in [2.75, 3.05) is 0 Å². The Balaban J connectivity index is 1.87. The van der Waals surface area contributed by atoms with E-state index < -0.39 is 5.97 Å². The maximum absolute atomic E-state index is 13.3. The second-order valence-electron chi connectivity index (χ2n) is 6.83. The summed E-state index contributed by atoms with van der Waals surface area (Å²) in [6.45, 7) is 1.71. The molecule has 5 nitrogen and oxygen atoms in total. The fourth-order valence-corrected chi connectivity index (χ4v) is 3.72. The molecule has 0 spiro atoms. The minimum atomic E-state index is -1.06. The van der Waals surface area contributed by atoms with Crippen LogP contribution in [0.2, 0.25) is 0 Å². The largest absolute Gasteiger partial charge is 0.481 e. The highest BCUT2D eigenvalue weighted by atomic mass is 19.1. The molecule has 0 aliphatic heterocycles. The number of rotatable bonds is 6. The number of aryl methyl sites for hydroxylation is 1. The van der Waals surface area contributed by atoms with Crippen molar-refractivity contribution in [3.8, 4) is 0 Å². The monoisotopic (exact) mass is 359 g/mol. The predicted molar refractivity (Wildman–Crippen MR) is 93.4 cm³/mol. The Morgan fingerprint density at radius 3 is 2.54 bits per heavy atom. The predicted octanol–water partition coefficient (Wildman–Crippen LogP) is 4.02. The number of benzene rings is 1. The summed E-state index contributed by atoms with van der Waals surface area (Å²) in [5.74, 6) is -1.30. The average Bonchev–Trinajstić information content (AvgIpc) is 3.23. The molecule has 1 aromatic heterocycles. The van der Waals surface area contributed by atoms with Crippen LogP contribution in [0.4, 0.5) is 4.39 Å². The van der Waals surface area contributed by atoms with Crippen molar-refractivity contribution < 1.29 is 23.5 Å². The van der Waals surface area contributed by atoms with Gasteiger partial charge in [-0.25, -0.2) is 4.39 Å². The third-order valence-corrected chi connectivity index (χ3v) is 4.98. The molecule has 0 radical (unpaired) electrons. The van der Waals surface area contributed by atoms with Crippen LogP contribution in [-0.4, -0.2) is 17.0 Å². The van der Waals surface area contributed by atoms with Crippen molar-refractivity contribution in [3.05, 3.63) is 58.8 Å². The third-order valence-electron chi connectivity index (χ3n) is 4.98. The van der Waals surface area contributed by atoms with Crippen LogP contribution in [-0.2, 0) is 11.2 Å². The third kappa shape index (κ3) is 3.95. The summed E-state index contributed by atoms with van der Waals surface area (Å²) >= 11 is 0. The summed E-state index contributed by atoms with van der Waals surface area (Å²) in [6.07, 6.45) is 5.25. The number of nitrogens with one attached hydrogen (secondary N) is 1. The standard InChI is InChI=1S/C20H22FNO4/c1-12-11-26-16(10-17(23)24)18(12)20(25)22-19(13-4-2-3-5-13)14-6-8-15(21)9-7-14/h6-9,11,13,19H,2-5,10H2,1H3,(H,22,25)(H,23,24). The first kappa shape index (κ1) is 18.2. The zero-order valence-corrected chi connectivity index (χ0v) is 14.6. The molecule has 1 aliphatic rings. The first-order chi connectivity index (χ1) is 12.5. The SMILES string of the molecule is Cc1coc(CC(=O)O)c1C(=O)NC(c1ccc(F)cc1)C1CCCC1. The van der Waals surface area contributed by atoms with E-state index in [0.717, 1.165) is 31.2 Å². The van der Waals surface area contributed by atoms with E-state index in [1.54, 1.807) is 19.1 Å². The number of hydrogen-bond acceptors (Lipinski definition) is 3. The summed E-state index contributed by atoms with van der Waals surface area (Å²) in [5.41, 5.74) is 1.73. The molecule has 1 amide bonds. The first-order valence-corrected chi connectivity index (χ1v) is 8.80. The normalized spacial score (nSPS) is 15.8. The molecule has 1 aliphatic carbocycles. The lowest BCUT2D eigenvalue weighted by molar-refractivity contribution is -0.136. The van der Waals surface area contributed by atoms with E-state index in [4.69, 9.17) is 9.52 Å². The van der Waals surface area contributed by atoms with Gasteiger partial charge in [-0.05, 0) is 43.4 Å². The van der Waals surface area contributed by atoms with Crippen molar-refractivity contribution in [2.45, 2.75) is 45.1 Å². The average molecular weight is 359 g/mol. The first-order valence-electron chi connectivity index (χ1n) is 8.80. The summed E-state index contributed by atoms with van der Waals surface area (Å²) in [6, 6.07) is 5.93. The Morgan fingerprint density at radius 2 is 1.92 bits per heavy atom. The van der Waals surface area contributed by atoms with Crippen molar-refractivity contribution in [1.82, 2.24) is 5.32 Å². The van der Waals surface area contributed by atoms with Crippen molar-refractivity contribution in [3.63, 3.8) is 0 Å². The van der Waals surface area contributed by atoms with Crippen molar-refractivity contribution in [1.29, 1.82) is 0 Å². The number of halogens is 1. The zero-order chi connectivity index (χ0) is 18.7. The highest BCUT2D eigenvalue weighted by molar-refractivity contribution is 5.97. The van der Waals surface area contributed by atoms with E-state index in [0.29, 0.717) is 5.56 Å². The maximum Gasteiger partial charge on any atom is 0.311 e. The summed E-state index contributed by atoms with van der Waals surface area (Å²) < 4.78 is 18.5. The van der Waals surface area contributed by atoms with Gasteiger partial charge in [0.15, 0.2) is 0 Å². The molecule has 1 unspecified atom stereocenters.